The van der Waals surface area contributed by atoms with Gasteiger partial charge in [-0.2, -0.15) is 0 Å². The summed E-state index contributed by atoms with van der Waals surface area (Å²) in [5.41, 5.74) is -0.742. The Labute approximate surface area is 118 Å². The first-order valence-corrected chi connectivity index (χ1v) is 7.13. The molecule has 1 atom stereocenters. The van der Waals surface area contributed by atoms with Crippen LogP contribution in [0.3, 0.4) is 0 Å². The van der Waals surface area contributed by atoms with Crippen LogP contribution in [0.25, 0.3) is 0 Å². The molecule has 1 aliphatic rings. The molecule has 1 aromatic carbocycles. The van der Waals surface area contributed by atoms with Crippen LogP contribution in [0.5, 0.6) is 0 Å². The maximum absolute atomic E-state index is 13.8. The Kier molecular flexibility index (Phi) is 4.49. The zero-order valence-corrected chi connectivity index (χ0v) is 11.8. The summed E-state index contributed by atoms with van der Waals surface area (Å²) in [5, 5.41) is 20.8. The molecule has 2 nitrogen and oxygen atoms in total. The minimum Gasteiger partial charge on any atom is -0.390 e. The van der Waals surface area contributed by atoms with Crippen molar-refractivity contribution in [3.8, 4) is 0 Å². The third kappa shape index (κ3) is 3.28. The number of hydrogen-bond donors (Lipinski definition) is 2. The van der Waals surface area contributed by atoms with Crippen molar-refractivity contribution in [2.75, 3.05) is 0 Å². The number of aliphatic hydroxyl groups is 2. The second kappa shape index (κ2) is 5.78. The van der Waals surface area contributed by atoms with Crippen LogP contribution in [0.2, 0.25) is 5.02 Å². The van der Waals surface area contributed by atoms with E-state index < -0.39 is 17.5 Å². The van der Waals surface area contributed by atoms with Gasteiger partial charge in [-0.3, -0.25) is 0 Å². The average molecular weight is 287 g/mol. The number of rotatable bonds is 3. The number of hydrogen-bond acceptors (Lipinski definition) is 2. The summed E-state index contributed by atoms with van der Waals surface area (Å²) in [6.07, 6.45) is 2.07. The van der Waals surface area contributed by atoms with Gasteiger partial charge in [0.25, 0.3) is 0 Å². The summed E-state index contributed by atoms with van der Waals surface area (Å²) in [4.78, 5) is 0. The van der Waals surface area contributed by atoms with E-state index in [1.54, 1.807) is 12.1 Å². The molecular formula is C15H20ClFO2. The zero-order chi connectivity index (χ0) is 14.0. The molecule has 0 spiro atoms. The lowest BCUT2D eigenvalue weighted by Gasteiger charge is -2.38. The highest BCUT2D eigenvalue weighted by Gasteiger charge is 2.38. The monoisotopic (exact) mass is 286 g/mol. The molecule has 0 saturated heterocycles. The van der Waals surface area contributed by atoms with E-state index in [2.05, 4.69) is 6.92 Å². The van der Waals surface area contributed by atoms with E-state index in [4.69, 9.17) is 11.6 Å². The van der Waals surface area contributed by atoms with Gasteiger partial charge in [-0.05, 0) is 43.2 Å². The highest BCUT2D eigenvalue weighted by molar-refractivity contribution is 6.30. The molecule has 0 aromatic heterocycles. The number of aliphatic hydroxyl groups excluding tert-OH is 1. The molecule has 0 radical (unpaired) electrons. The second-order valence-electron chi connectivity index (χ2n) is 5.72. The third-order valence-corrected chi connectivity index (χ3v) is 4.50. The van der Waals surface area contributed by atoms with Crippen molar-refractivity contribution in [2.45, 2.75) is 50.7 Å². The molecule has 19 heavy (non-hydrogen) atoms. The minimum absolute atomic E-state index is 0.0500. The number of halogens is 2. The Morgan fingerprint density at radius 3 is 2.68 bits per heavy atom. The Bertz CT molecular complexity index is 442. The van der Waals surface area contributed by atoms with Gasteiger partial charge in [0.1, 0.15) is 5.82 Å². The second-order valence-corrected chi connectivity index (χ2v) is 6.13. The standard InChI is InChI=1S/C15H20ClFO2/c1-10-5-7-15(19,8-6-10)13(18)9-11-3-2-4-12(16)14(11)17/h2-4,10,13,18-19H,5-9H2,1H3. The van der Waals surface area contributed by atoms with Gasteiger partial charge in [0, 0.05) is 6.42 Å². The van der Waals surface area contributed by atoms with E-state index in [1.807, 2.05) is 0 Å². The van der Waals surface area contributed by atoms with E-state index in [9.17, 15) is 14.6 Å². The van der Waals surface area contributed by atoms with Gasteiger partial charge in [0.05, 0.1) is 16.7 Å². The first-order chi connectivity index (χ1) is 8.92. The Balaban J connectivity index is 2.08. The minimum atomic E-state index is -1.10. The molecule has 1 aromatic rings. The largest absolute Gasteiger partial charge is 0.390 e. The smallest absolute Gasteiger partial charge is 0.145 e. The van der Waals surface area contributed by atoms with Crippen molar-refractivity contribution < 1.29 is 14.6 Å². The fourth-order valence-corrected chi connectivity index (χ4v) is 2.89. The van der Waals surface area contributed by atoms with Crippen LogP contribution in [-0.4, -0.2) is 21.9 Å². The molecule has 0 aliphatic heterocycles. The molecule has 0 heterocycles. The molecule has 1 saturated carbocycles. The van der Waals surface area contributed by atoms with Gasteiger partial charge in [-0.25, -0.2) is 4.39 Å². The van der Waals surface area contributed by atoms with Crippen LogP contribution < -0.4 is 0 Å². The van der Waals surface area contributed by atoms with Gasteiger partial charge >= 0.3 is 0 Å². The van der Waals surface area contributed by atoms with Crippen molar-refractivity contribution in [3.05, 3.63) is 34.6 Å². The fourth-order valence-electron chi connectivity index (χ4n) is 2.70. The number of benzene rings is 1. The molecule has 0 bridgehead atoms. The topological polar surface area (TPSA) is 40.5 Å². The van der Waals surface area contributed by atoms with Crippen molar-refractivity contribution in [3.63, 3.8) is 0 Å². The van der Waals surface area contributed by atoms with Crippen LogP contribution in [0.4, 0.5) is 4.39 Å². The van der Waals surface area contributed by atoms with Gasteiger partial charge in [-0.15, -0.1) is 0 Å². The molecule has 2 N–H and O–H groups in total. The molecule has 1 fully saturated rings. The SMILES string of the molecule is CC1CCC(O)(C(O)Cc2cccc(Cl)c2F)CC1. The van der Waals surface area contributed by atoms with Crippen molar-refractivity contribution in [1.82, 2.24) is 0 Å². The predicted octanol–water partition coefficient (Wildman–Crippen LogP) is 3.32. The first-order valence-electron chi connectivity index (χ1n) is 6.76. The maximum atomic E-state index is 13.8. The van der Waals surface area contributed by atoms with E-state index in [0.29, 0.717) is 24.3 Å². The predicted molar refractivity (Wildman–Crippen MR) is 73.7 cm³/mol. The summed E-state index contributed by atoms with van der Waals surface area (Å²) >= 11 is 5.72. The van der Waals surface area contributed by atoms with Crippen molar-refractivity contribution >= 4 is 11.6 Å². The van der Waals surface area contributed by atoms with Gasteiger partial charge in [-0.1, -0.05) is 30.7 Å². The Hall–Kier alpha value is -0.640. The van der Waals surface area contributed by atoms with Crippen LogP contribution in [0.1, 0.15) is 38.2 Å². The summed E-state index contributed by atoms with van der Waals surface area (Å²) < 4.78 is 13.8. The fraction of sp³-hybridized carbons (Fsp3) is 0.600. The average Bonchev–Trinajstić information content (AvgIpc) is 2.38. The summed E-state index contributed by atoms with van der Waals surface area (Å²) in [7, 11) is 0. The molecule has 106 valence electrons. The van der Waals surface area contributed by atoms with Crippen LogP contribution in [-0.2, 0) is 6.42 Å². The molecule has 4 heteroatoms. The molecule has 1 unspecified atom stereocenters. The molecule has 0 amide bonds. The Morgan fingerprint density at radius 2 is 2.05 bits per heavy atom. The van der Waals surface area contributed by atoms with Crippen molar-refractivity contribution in [1.29, 1.82) is 0 Å². The maximum Gasteiger partial charge on any atom is 0.145 e. The third-order valence-electron chi connectivity index (χ3n) is 4.21. The molecule has 1 aliphatic carbocycles. The van der Waals surface area contributed by atoms with E-state index in [-0.39, 0.29) is 11.4 Å². The summed E-state index contributed by atoms with van der Waals surface area (Å²) in [6.45, 7) is 2.14. The highest BCUT2D eigenvalue weighted by Crippen LogP contribution is 2.35. The van der Waals surface area contributed by atoms with E-state index in [0.717, 1.165) is 12.8 Å². The van der Waals surface area contributed by atoms with Crippen molar-refractivity contribution in [2.24, 2.45) is 5.92 Å². The van der Waals surface area contributed by atoms with Crippen LogP contribution in [0.15, 0.2) is 18.2 Å². The molecule has 2 rings (SSSR count). The van der Waals surface area contributed by atoms with Crippen LogP contribution in [0, 0.1) is 11.7 Å². The zero-order valence-electron chi connectivity index (χ0n) is 11.1. The van der Waals surface area contributed by atoms with E-state index in [1.165, 1.54) is 6.07 Å². The normalized spacial score (nSPS) is 29.2. The lowest BCUT2D eigenvalue weighted by atomic mass is 9.75. The van der Waals surface area contributed by atoms with Crippen LogP contribution >= 0.6 is 11.6 Å². The van der Waals surface area contributed by atoms with E-state index >= 15 is 0 Å². The summed E-state index contributed by atoms with van der Waals surface area (Å²) in [6, 6.07) is 4.73. The summed E-state index contributed by atoms with van der Waals surface area (Å²) in [5.74, 6) is 0.0753. The lowest BCUT2D eigenvalue weighted by Crippen LogP contribution is -2.46. The molecular weight excluding hydrogens is 267 g/mol. The quantitative estimate of drug-likeness (QED) is 0.895. The van der Waals surface area contributed by atoms with Gasteiger partial charge in [0.15, 0.2) is 0 Å². The Morgan fingerprint density at radius 1 is 1.42 bits per heavy atom. The lowest BCUT2D eigenvalue weighted by molar-refractivity contribution is -0.102. The van der Waals surface area contributed by atoms with Gasteiger partial charge in [0.2, 0.25) is 0 Å². The highest BCUT2D eigenvalue weighted by atomic mass is 35.5. The van der Waals surface area contributed by atoms with Gasteiger partial charge < -0.3 is 10.2 Å². The first kappa shape index (κ1) is 14.8.